The second-order valence-corrected chi connectivity index (χ2v) is 5.84. The van der Waals surface area contributed by atoms with E-state index in [9.17, 15) is 24.3 Å². The summed E-state index contributed by atoms with van der Waals surface area (Å²) < 4.78 is 0.807. The Hall–Kier alpha value is -2.90. The van der Waals surface area contributed by atoms with E-state index in [4.69, 9.17) is 0 Å². The summed E-state index contributed by atoms with van der Waals surface area (Å²) in [5.41, 5.74) is -1.50. The van der Waals surface area contributed by atoms with E-state index in [1.54, 1.807) is 12.1 Å². The highest BCUT2D eigenvalue weighted by Gasteiger charge is 2.37. The maximum absolute atomic E-state index is 12.3. The van der Waals surface area contributed by atoms with Gasteiger partial charge in [-0.2, -0.15) is 9.79 Å². The first-order valence-corrected chi connectivity index (χ1v) is 7.74. The first kappa shape index (κ1) is 16.0. The molecule has 1 saturated carbocycles. The molecule has 1 aliphatic rings. The Kier molecular flexibility index (Phi) is 3.96. The zero-order chi connectivity index (χ0) is 17.4. The summed E-state index contributed by atoms with van der Waals surface area (Å²) in [4.78, 5) is 47.2. The predicted molar refractivity (Wildman–Crippen MR) is 85.4 cm³/mol. The minimum Gasteiger partial charge on any atom is -0.478 e. The van der Waals surface area contributed by atoms with Crippen LogP contribution in [0.4, 0.5) is 5.69 Å². The fraction of sp³-hybridized carbons (Fsp3) is 0.375. The minimum atomic E-state index is -1.20. The molecule has 1 aliphatic carbocycles. The normalized spacial score (nSPS) is 14.9. The van der Waals surface area contributed by atoms with Crippen molar-refractivity contribution in [2.45, 2.75) is 38.6 Å². The molecule has 1 heterocycles. The van der Waals surface area contributed by atoms with Crippen molar-refractivity contribution >= 4 is 17.6 Å². The van der Waals surface area contributed by atoms with Crippen molar-refractivity contribution in [3.8, 4) is 0 Å². The summed E-state index contributed by atoms with van der Waals surface area (Å²) in [5, 5.41) is 11.9. The largest absolute Gasteiger partial charge is 0.478 e. The van der Waals surface area contributed by atoms with Gasteiger partial charge in [0.05, 0.1) is 17.3 Å². The van der Waals surface area contributed by atoms with Gasteiger partial charge in [0, 0.05) is 6.92 Å². The lowest BCUT2D eigenvalue weighted by molar-refractivity contribution is -0.132. The Morgan fingerprint density at radius 1 is 1.12 bits per heavy atom. The van der Waals surface area contributed by atoms with Gasteiger partial charge in [-0.15, -0.1) is 0 Å². The van der Waals surface area contributed by atoms with Crippen LogP contribution in [-0.4, -0.2) is 32.7 Å². The van der Waals surface area contributed by atoms with Crippen LogP contribution in [0.5, 0.6) is 0 Å². The smallest absolute Gasteiger partial charge is 0.342 e. The average Bonchev–Trinajstić information content (AvgIpc) is 2.95. The molecular formula is C16H17N3O5. The molecule has 1 fully saturated rings. The fourth-order valence-corrected chi connectivity index (χ4v) is 3.14. The number of carboxylic acids is 1. The quantitative estimate of drug-likeness (QED) is 0.641. The number of aromatic carboxylic acids is 1. The van der Waals surface area contributed by atoms with Gasteiger partial charge in [0.2, 0.25) is 5.91 Å². The molecular weight excluding hydrogens is 314 g/mol. The van der Waals surface area contributed by atoms with E-state index in [1.165, 1.54) is 24.1 Å². The van der Waals surface area contributed by atoms with Crippen molar-refractivity contribution < 1.29 is 14.7 Å². The summed E-state index contributed by atoms with van der Waals surface area (Å²) in [6.45, 7) is 1.34. The van der Waals surface area contributed by atoms with Gasteiger partial charge in [-0.3, -0.25) is 14.4 Å². The standard InChI is InChI=1S/C16H17N3O5/c1-10(20)17(11-6-2-3-7-11)19(18-14(21)15(18)22)13-9-5-4-8-12(13)16(23)24/h4-5,8-9,11H,2-3,6-7H2,1H3,(H,23,24). The molecule has 3 rings (SSSR count). The number of anilines is 1. The minimum absolute atomic E-state index is 0.0887. The van der Waals surface area contributed by atoms with Gasteiger partial charge in [-0.1, -0.05) is 25.0 Å². The Morgan fingerprint density at radius 3 is 2.21 bits per heavy atom. The Morgan fingerprint density at radius 2 is 1.71 bits per heavy atom. The third kappa shape index (κ3) is 2.60. The van der Waals surface area contributed by atoms with E-state index in [1.807, 2.05) is 0 Å². The van der Waals surface area contributed by atoms with E-state index < -0.39 is 17.1 Å². The van der Waals surface area contributed by atoms with Crippen LogP contribution in [0.3, 0.4) is 0 Å². The van der Waals surface area contributed by atoms with Gasteiger partial charge in [-0.25, -0.2) is 9.80 Å². The van der Waals surface area contributed by atoms with Crippen molar-refractivity contribution in [3.05, 3.63) is 50.5 Å². The predicted octanol–water partition coefficient (Wildman–Crippen LogP) is 0.758. The van der Waals surface area contributed by atoms with Gasteiger partial charge in [0.1, 0.15) is 0 Å². The van der Waals surface area contributed by atoms with Gasteiger partial charge >= 0.3 is 17.1 Å². The highest BCUT2D eigenvalue weighted by Crippen LogP contribution is 2.29. The molecule has 0 aliphatic heterocycles. The third-order valence-electron chi connectivity index (χ3n) is 4.25. The third-order valence-corrected chi connectivity index (χ3v) is 4.25. The molecule has 8 nitrogen and oxygen atoms in total. The first-order chi connectivity index (χ1) is 11.4. The van der Waals surface area contributed by atoms with Gasteiger partial charge in [-0.05, 0) is 25.0 Å². The molecule has 0 saturated heterocycles. The van der Waals surface area contributed by atoms with Crippen LogP contribution in [0.1, 0.15) is 43.0 Å². The number of carbonyl (C=O) groups excluding carboxylic acids is 1. The molecule has 1 aromatic heterocycles. The molecule has 0 spiro atoms. The van der Waals surface area contributed by atoms with E-state index in [2.05, 4.69) is 0 Å². The molecule has 24 heavy (non-hydrogen) atoms. The number of rotatable bonds is 5. The van der Waals surface area contributed by atoms with Crippen LogP contribution >= 0.6 is 0 Å². The molecule has 2 aromatic rings. The molecule has 1 aromatic carbocycles. The zero-order valence-electron chi connectivity index (χ0n) is 13.1. The maximum Gasteiger partial charge on any atom is 0.342 e. The van der Waals surface area contributed by atoms with Crippen LogP contribution in [0, 0.1) is 0 Å². The van der Waals surface area contributed by atoms with Crippen LogP contribution in [0.15, 0.2) is 33.9 Å². The molecule has 1 N–H and O–H groups in total. The molecule has 126 valence electrons. The second kappa shape index (κ2) is 5.95. The summed E-state index contributed by atoms with van der Waals surface area (Å²) in [5.74, 6) is -1.55. The van der Waals surface area contributed by atoms with Crippen molar-refractivity contribution in [3.63, 3.8) is 0 Å². The van der Waals surface area contributed by atoms with Gasteiger partial charge in [0.25, 0.3) is 0 Å². The molecule has 0 unspecified atom stereocenters. The number of hydrogen-bond acceptors (Lipinski definition) is 5. The molecule has 0 atom stereocenters. The summed E-state index contributed by atoms with van der Waals surface area (Å²) >= 11 is 0. The van der Waals surface area contributed by atoms with Crippen molar-refractivity contribution in [1.29, 1.82) is 0 Å². The highest BCUT2D eigenvalue weighted by molar-refractivity contribution is 5.94. The number of hydrogen-bond donors (Lipinski definition) is 1. The number of carboxylic acid groups (broad SMARTS) is 1. The summed E-state index contributed by atoms with van der Waals surface area (Å²) in [6, 6.07) is 5.82. The first-order valence-electron chi connectivity index (χ1n) is 7.74. The maximum atomic E-state index is 12.3. The van der Waals surface area contributed by atoms with E-state index in [0.717, 1.165) is 35.5 Å². The molecule has 1 amide bonds. The van der Waals surface area contributed by atoms with Crippen LogP contribution < -0.4 is 16.2 Å². The van der Waals surface area contributed by atoms with Crippen LogP contribution in [0.2, 0.25) is 0 Å². The zero-order valence-corrected chi connectivity index (χ0v) is 13.1. The van der Waals surface area contributed by atoms with E-state index in [-0.39, 0.29) is 23.2 Å². The number of amides is 1. The Bertz CT molecular complexity index is 833. The summed E-state index contributed by atoms with van der Waals surface area (Å²) in [7, 11) is 0. The lowest BCUT2D eigenvalue weighted by Crippen LogP contribution is -2.53. The monoisotopic (exact) mass is 331 g/mol. The van der Waals surface area contributed by atoms with Gasteiger partial charge < -0.3 is 5.11 Å². The SMILES string of the molecule is CC(=O)N(C1CCCC1)N(c1ccccc1C(=O)O)n1c(=O)c1=O. The van der Waals surface area contributed by atoms with Crippen LogP contribution in [0.25, 0.3) is 0 Å². The second-order valence-electron chi connectivity index (χ2n) is 5.84. The number of para-hydroxylation sites is 1. The Balaban J connectivity index is 2.16. The van der Waals surface area contributed by atoms with Crippen molar-refractivity contribution in [2.24, 2.45) is 0 Å². The number of aromatic nitrogens is 1. The summed E-state index contributed by atoms with van der Waals surface area (Å²) in [6.07, 6.45) is 3.35. The number of hydrazine groups is 1. The topological polar surface area (TPSA) is 99.9 Å². The van der Waals surface area contributed by atoms with Crippen molar-refractivity contribution in [2.75, 3.05) is 5.12 Å². The van der Waals surface area contributed by atoms with E-state index >= 15 is 0 Å². The van der Waals surface area contributed by atoms with E-state index in [0.29, 0.717) is 0 Å². The molecule has 0 bridgehead atoms. The fourth-order valence-electron chi connectivity index (χ4n) is 3.14. The number of nitrogens with zero attached hydrogens (tertiary/aromatic N) is 3. The lowest BCUT2D eigenvalue weighted by atomic mass is 10.1. The Labute approximate surface area is 137 Å². The average molecular weight is 331 g/mol. The number of benzene rings is 1. The van der Waals surface area contributed by atoms with Gasteiger partial charge in [0.15, 0.2) is 0 Å². The van der Waals surface area contributed by atoms with Crippen LogP contribution in [-0.2, 0) is 4.79 Å². The molecule has 0 radical (unpaired) electrons. The van der Waals surface area contributed by atoms with Crippen molar-refractivity contribution in [1.82, 2.24) is 9.69 Å². The lowest BCUT2D eigenvalue weighted by Gasteiger charge is -2.37. The highest BCUT2D eigenvalue weighted by atomic mass is 16.4. The molecule has 8 heteroatoms. The number of carbonyl (C=O) groups is 2.